The fourth-order valence-corrected chi connectivity index (χ4v) is 2.88. The van der Waals surface area contributed by atoms with Gasteiger partial charge in [-0.3, -0.25) is 10.1 Å². The van der Waals surface area contributed by atoms with Crippen molar-refractivity contribution in [1.82, 2.24) is 10.5 Å². The van der Waals surface area contributed by atoms with Crippen LogP contribution in [0.4, 0.5) is 16.4 Å². The van der Waals surface area contributed by atoms with Crippen molar-refractivity contribution in [2.24, 2.45) is 0 Å². The summed E-state index contributed by atoms with van der Waals surface area (Å²) < 4.78 is 5.25. The molecule has 1 heterocycles. The zero-order chi connectivity index (χ0) is 20.2. The molecule has 4 rings (SSSR count). The van der Waals surface area contributed by atoms with Gasteiger partial charge < -0.3 is 15.2 Å². The Hall–Kier alpha value is -3.61. The predicted molar refractivity (Wildman–Crippen MR) is 111 cm³/mol. The SMILES string of the molecule is CCc1ccc(-c2cc(NC(=O)c3cccc(NC(=O)NC4CC4)c3)on2)cc1. The number of urea groups is 1. The molecule has 1 aliphatic rings. The van der Waals surface area contributed by atoms with Crippen molar-refractivity contribution in [2.45, 2.75) is 32.2 Å². The number of aryl methyl sites for hydroxylation is 1. The lowest BCUT2D eigenvalue weighted by Crippen LogP contribution is -2.30. The van der Waals surface area contributed by atoms with Crippen LogP contribution in [0.2, 0.25) is 0 Å². The highest BCUT2D eigenvalue weighted by Gasteiger charge is 2.23. The Labute approximate surface area is 168 Å². The van der Waals surface area contributed by atoms with Gasteiger partial charge in [-0.1, -0.05) is 42.4 Å². The van der Waals surface area contributed by atoms with Gasteiger partial charge in [0, 0.05) is 28.9 Å². The molecule has 0 atom stereocenters. The van der Waals surface area contributed by atoms with E-state index in [1.165, 1.54) is 5.56 Å². The molecule has 0 unspecified atom stereocenters. The molecule has 0 aliphatic heterocycles. The Morgan fingerprint density at radius 3 is 2.59 bits per heavy atom. The van der Waals surface area contributed by atoms with Crippen LogP contribution in [0.3, 0.4) is 0 Å². The second kappa shape index (κ2) is 8.18. The first-order valence-electron chi connectivity index (χ1n) is 9.65. The van der Waals surface area contributed by atoms with E-state index >= 15 is 0 Å². The summed E-state index contributed by atoms with van der Waals surface area (Å²) in [6.07, 6.45) is 2.99. The number of aromatic nitrogens is 1. The van der Waals surface area contributed by atoms with Gasteiger partial charge in [-0.15, -0.1) is 0 Å². The van der Waals surface area contributed by atoms with Crippen LogP contribution in [-0.2, 0) is 6.42 Å². The highest BCUT2D eigenvalue weighted by atomic mass is 16.5. The number of hydrogen-bond acceptors (Lipinski definition) is 4. The summed E-state index contributed by atoms with van der Waals surface area (Å²) in [6, 6.07) is 16.4. The van der Waals surface area contributed by atoms with Crippen molar-refractivity contribution in [1.29, 1.82) is 0 Å². The summed E-state index contributed by atoms with van der Waals surface area (Å²) in [4.78, 5) is 24.4. The van der Waals surface area contributed by atoms with Crippen molar-refractivity contribution < 1.29 is 14.1 Å². The van der Waals surface area contributed by atoms with Gasteiger partial charge in [0.15, 0.2) is 0 Å². The van der Waals surface area contributed by atoms with Gasteiger partial charge in [0.05, 0.1) is 0 Å². The van der Waals surface area contributed by atoms with Crippen LogP contribution in [0.25, 0.3) is 11.3 Å². The minimum Gasteiger partial charge on any atom is -0.338 e. The smallest absolute Gasteiger partial charge is 0.319 e. The first-order valence-corrected chi connectivity index (χ1v) is 9.65. The third-order valence-corrected chi connectivity index (χ3v) is 4.70. The lowest BCUT2D eigenvalue weighted by molar-refractivity contribution is 0.102. The third kappa shape index (κ3) is 4.82. The number of nitrogens with zero attached hydrogens (tertiary/aromatic N) is 1. The van der Waals surface area contributed by atoms with Crippen LogP contribution in [-0.4, -0.2) is 23.1 Å². The first kappa shape index (κ1) is 18.7. The molecule has 0 radical (unpaired) electrons. The summed E-state index contributed by atoms with van der Waals surface area (Å²) >= 11 is 0. The maximum atomic E-state index is 12.5. The van der Waals surface area contributed by atoms with Crippen molar-refractivity contribution in [2.75, 3.05) is 10.6 Å². The highest BCUT2D eigenvalue weighted by molar-refractivity contribution is 6.04. The van der Waals surface area contributed by atoms with E-state index in [-0.39, 0.29) is 23.9 Å². The fourth-order valence-electron chi connectivity index (χ4n) is 2.88. The minimum absolute atomic E-state index is 0.259. The lowest BCUT2D eigenvalue weighted by Gasteiger charge is -2.08. The first-order chi connectivity index (χ1) is 14.1. The highest BCUT2D eigenvalue weighted by Crippen LogP contribution is 2.23. The number of amides is 3. The van der Waals surface area contributed by atoms with Crippen LogP contribution >= 0.6 is 0 Å². The van der Waals surface area contributed by atoms with Crippen LogP contribution in [0.1, 0.15) is 35.7 Å². The second-order valence-electron chi connectivity index (χ2n) is 7.03. The van der Waals surface area contributed by atoms with Crippen LogP contribution < -0.4 is 16.0 Å². The molecule has 0 saturated heterocycles. The molecule has 3 amide bonds. The molecule has 7 nitrogen and oxygen atoms in total. The molecular weight excluding hydrogens is 368 g/mol. The second-order valence-corrected chi connectivity index (χ2v) is 7.03. The Balaban J connectivity index is 1.40. The van der Waals surface area contributed by atoms with Gasteiger partial charge in [-0.05, 0) is 43.0 Å². The number of rotatable bonds is 6. The Morgan fingerprint density at radius 1 is 1.07 bits per heavy atom. The van der Waals surface area contributed by atoms with Crippen molar-refractivity contribution >= 4 is 23.5 Å². The van der Waals surface area contributed by atoms with Gasteiger partial charge in [-0.25, -0.2) is 4.79 Å². The van der Waals surface area contributed by atoms with Crippen LogP contribution in [0, 0.1) is 0 Å². The normalized spacial score (nSPS) is 13.0. The van der Waals surface area contributed by atoms with Crippen LogP contribution in [0.5, 0.6) is 0 Å². The fraction of sp³-hybridized carbons (Fsp3) is 0.227. The van der Waals surface area contributed by atoms with E-state index in [2.05, 4.69) is 28.0 Å². The Bertz CT molecular complexity index is 1020. The molecule has 0 spiro atoms. The zero-order valence-corrected chi connectivity index (χ0v) is 16.1. The van der Waals surface area contributed by atoms with E-state index in [1.54, 1.807) is 30.3 Å². The topological polar surface area (TPSA) is 96.3 Å². The molecule has 2 aromatic carbocycles. The lowest BCUT2D eigenvalue weighted by atomic mass is 10.1. The van der Waals surface area contributed by atoms with E-state index in [4.69, 9.17) is 4.52 Å². The quantitative estimate of drug-likeness (QED) is 0.580. The number of nitrogens with one attached hydrogen (secondary N) is 3. The van der Waals surface area contributed by atoms with Gasteiger partial charge in [-0.2, -0.15) is 0 Å². The molecule has 1 aliphatic carbocycles. The predicted octanol–water partition coefficient (Wildman–Crippen LogP) is 4.44. The molecule has 3 aromatic rings. The Morgan fingerprint density at radius 2 is 1.86 bits per heavy atom. The molecule has 148 valence electrons. The maximum absolute atomic E-state index is 12.5. The molecule has 29 heavy (non-hydrogen) atoms. The minimum atomic E-state index is -0.347. The van der Waals surface area contributed by atoms with E-state index in [0.29, 0.717) is 16.9 Å². The van der Waals surface area contributed by atoms with E-state index < -0.39 is 0 Å². The van der Waals surface area contributed by atoms with Gasteiger partial charge in [0.1, 0.15) is 5.69 Å². The number of benzene rings is 2. The molecule has 3 N–H and O–H groups in total. The van der Waals surface area contributed by atoms with E-state index in [1.807, 2.05) is 24.3 Å². The number of carbonyl (C=O) groups is 2. The largest absolute Gasteiger partial charge is 0.338 e. The number of carbonyl (C=O) groups excluding carboxylic acids is 2. The van der Waals surface area contributed by atoms with Crippen LogP contribution in [0.15, 0.2) is 59.1 Å². The number of anilines is 2. The summed E-state index contributed by atoms with van der Waals surface area (Å²) in [5.41, 5.74) is 3.75. The van der Waals surface area contributed by atoms with Crippen molar-refractivity contribution in [3.63, 3.8) is 0 Å². The maximum Gasteiger partial charge on any atom is 0.319 e. The van der Waals surface area contributed by atoms with Crippen molar-refractivity contribution in [3.8, 4) is 11.3 Å². The summed E-state index contributed by atoms with van der Waals surface area (Å²) in [5.74, 6) is -0.0883. The van der Waals surface area contributed by atoms with Crippen molar-refractivity contribution in [3.05, 3.63) is 65.7 Å². The monoisotopic (exact) mass is 390 g/mol. The van der Waals surface area contributed by atoms with E-state index in [9.17, 15) is 9.59 Å². The van der Waals surface area contributed by atoms with Gasteiger partial charge >= 0.3 is 6.03 Å². The summed E-state index contributed by atoms with van der Waals surface area (Å²) in [6.45, 7) is 2.10. The average molecular weight is 390 g/mol. The van der Waals surface area contributed by atoms with E-state index in [0.717, 1.165) is 24.8 Å². The zero-order valence-electron chi connectivity index (χ0n) is 16.1. The number of hydrogen-bond donors (Lipinski definition) is 3. The standard InChI is InChI=1S/C22H22N4O3/c1-2-14-6-8-15(9-7-14)19-13-20(29-26-19)25-21(27)16-4-3-5-18(12-16)24-22(28)23-17-10-11-17/h3-9,12-13,17H,2,10-11H2,1H3,(H,25,27)(H2,23,24,28). The molecule has 1 fully saturated rings. The summed E-state index contributed by atoms with van der Waals surface area (Å²) in [7, 11) is 0. The summed E-state index contributed by atoms with van der Waals surface area (Å²) in [5, 5.41) is 12.3. The average Bonchev–Trinajstić information content (AvgIpc) is 3.42. The molecule has 1 aromatic heterocycles. The molecule has 0 bridgehead atoms. The van der Waals surface area contributed by atoms with Gasteiger partial charge in [0.25, 0.3) is 5.91 Å². The molecular formula is C22H22N4O3. The Kier molecular flexibility index (Phi) is 5.29. The third-order valence-electron chi connectivity index (χ3n) is 4.70. The molecule has 7 heteroatoms. The molecule has 1 saturated carbocycles. The van der Waals surface area contributed by atoms with Gasteiger partial charge in [0.2, 0.25) is 5.88 Å².